The van der Waals surface area contributed by atoms with Crippen molar-refractivity contribution in [1.82, 2.24) is 10.2 Å². The van der Waals surface area contributed by atoms with Gasteiger partial charge in [0.25, 0.3) is 0 Å². The highest BCUT2D eigenvalue weighted by Crippen LogP contribution is 2.13. The number of hydrogen-bond donors (Lipinski definition) is 1. The van der Waals surface area contributed by atoms with Crippen LogP contribution < -0.4 is 5.32 Å². The molecule has 0 aromatic heterocycles. The Balaban J connectivity index is 2.50. The molecule has 1 aliphatic heterocycles. The van der Waals surface area contributed by atoms with E-state index in [0.29, 0.717) is 12.1 Å². The Labute approximate surface area is 94.7 Å². The fourth-order valence-electron chi connectivity index (χ4n) is 2.35. The molecule has 88 valence electrons. The van der Waals surface area contributed by atoms with E-state index in [0.717, 1.165) is 19.0 Å². The van der Waals surface area contributed by atoms with Gasteiger partial charge in [0.05, 0.1) is 0 Å². The maximum atomic E-state index is 3.84. The second kappa shape index (κ2) is 6.29. The predicted octanol–water partition coefficient (Wildman–Crippen LogP) is 2.27. The maximum Gasteiger partial charge on any atom is 0.0197 e. The molecule has 15 heavy (non-hydrogen) atoms. The second-order valence-electron chi connectivity index (χ2n) is 5.16. The molecule has 0 amide bonds. The molecular weight excluding hydrogens is 184 g/mol. The third-order valence-corrected chi connectivity index (χ3v) is 3.19. The average molecular weight is 210 g/mol. The van der Waals surface area contributed by atoms with Crippen LogP contribution in [0.2, 0.25) is 0 Å². The van der Waals surface area contributed by atoms with Gasteiger partial charge in [0, 0.05) is 25.2 Å². The van der Waals surface area contributed by atoms with Gasteiger partial charge in [-0.05, 0) is 32.2 Å². The van der Waals surface area contributed by atoms with E-state index < -0.39 is 0 Å². The highest BCUT2D eigenvalue weighted by atomic mass is 15.2. The predicted molar refractivity (Wildman–Crippen MR) is 67.1 cm³/mol. The van der Waals surface area contributed by atoms with E-state index in [1.54, 1.807) is 0 Å². The fraction of sp³-hybridized carbons (Fsp3) is 0.846. The number of hydrogen-bond acceptors (Lipinski definition) is 2. The van der Waals surface area contributed by atoms with Crippen LogP contribution in [-0.4, -0.2) is 36.6 Å². The van der Waals surface area contributed by atoms with E-state index >= 15 is 0 Å². The van der Waals surface area contributed by atoms with Gasteiger partial charge in [-0.2, -0.15) is 0 Å². The molecule has 1 rings (SSSR count). The molecule has 0 bridgehead atoms. The van der Waals surface area contributed by atoms with Gasteiger partial charge in [0.2, 0.25) is 0 Å². The van der Waals surface area contributed by atoms with E-state index in [1.807, 2.05) is 6.08 Å². The van der Waals surface area contributed by atoms with Crippen LogP contribution >= 0.6 is 0 Å². The summed E-state index contributed by atoms with van der Waals surface area (Å²) in [6.07, 6.45) is 4.55. The minimum absolute atomic E-state index is 0.662. The molecule has 0 aliphatic carbocycles. The molecular formula is C13H26N2. The fourth-order valence-corrected chi connectivity index (χ4v) is 2.35. The molecule has 1 fully saturated rings. The molecule has 0 saturated carbocycles. The largest absolute Gasteiger partial charge is 0.313 e. The van der Waals surface area contributed by atoms with Crippen molar-refractivity contribution in [3.05, 3.63) is 12.7 Å². The Morgan fingerprint density at radius 2 is 2.27 bits per heavy atom. The molecule has 0 radical (unpaired) electrons. The monoisotopic (exact) mass is 210 g/mol. The lowest BCUT2D eigenvalue weighted by atomic mass is 10.0. The third-order valence-electron chi connectivity index (χ3n) is 3.19. The molecule has 1 heterocycles. The summed E-state index contributed by atoms with van der Waals surface area (Å²) >= 11 is 0. The van der Waals surface area contributed by atoms with Gasteiger partial charge < -0.3 is 5.32 Å². The molecule has 2 nitrogen and oxygen atoms in total. The van der Waals surface area contributed by atoms with E-state index in [9.17, 15) is 0 Å². The van der Waals surface area contributed by atoms with Crippen molar-refractivity contribution in [2.75, 3.05) is 19.6 Å². The first-order valence-corrected chi connectivity index (χ1v) is 6.21. The first-order valence-electron chi connectivity index (χ1n) is 6.21. The molecule has 2 atom stereocenters. The van der Waals surface area contributed by atoms with E-state index in [2.05, 4.69) is 37.6 Å². The molecule has 1 saturated heterocycles. The zero-order valence-electron chi connectivity index (χ0n) is 10.5. The SMILES string of the molecule is C=CCN1CC(CC(C)C)NCCC1C. The molecule has 0 aromatic carbocycles. The average Bonchev–Trinajstić information content (AvgIpc) is 2.29. The Hall–Kier alpha value is -0.340. The van der Waals surface area contributed by atoms with Gasteiger partial charge in [-0.15, -0.1) is 6.58 Å². The minimum atomic E-state index is 0.662. The van der Waals surface area contributed by atoms with Crippen LogP contribution in [0.25, 0.3) is 0 Å². The zero-order valence-corrected chi connectivity index (χ0v) is 10.5. The van der Waals surface area contributed by atoms with Crippen LogP contribution in [-0.2, 0) is 0 Å². The molecule has 1 N–H and O–H groups in total. The number of rotatable bonds is 4. The van der Waals surface area contributed by atoms with Crippen molar-refractivity contribution in [3.8, 4) is 0 Å². The lowest BCUT2D eigenvalue weighted by Gasteiger charge is -2.28. The summed E-state index contributed by atoms with van der Waals surface area (Å²) in [6.45, 7) is 14.1. The maximum absolute atomic E-state index is 3.84. The Morgan fingerprint density at radius 1 is 1.53 bits per heavy atom. The van der Waals surface area contributed by atoms with Gasteiger partial charge in [-0.1, -0.05) is 19.9 Å². The Kier molecular flexibility index (Phi) is 5.34. The summed E-state index contributed by atoms with van der Waals surface area (Å²) in [5, 5.41) is 3.66. The summed E-state index contributed by atoms with van der Waals surface area (Å²) in [7, 11) is 0. The van der Waals surface area contributed by atoms with Crippen LogP contribution in [0.4, 0.5) is 0 Å². The normalized spacial score (nSPS) is 29.1. The van der Waals surface area contributed by atoms with Crippen LogP contribution in [0.1, 0.15) is 33.6 Å². The summed E-state index contributed by atoms with van der Waals surface area (Å²) in [4.78, 5) is 2.54. The molecule has 0 spiro atoms. The Bertz CT molecular complexity index is 189. The smallest absolute Gasteiger partial charge is 0.0197 e. The molecule has 2 unspecified atom stereocenters. The van der Waals surface area contributed by atoms with Crippen molar-refractivity contribution in [3.63, 3.8) is 0 Å². The highest BCUT2D eigenvalue weighted by Gasteiger charge is 2.22. The minimum Gasteiger partial charge on any atom is -0.313 e. The van der Waals surface area contributed by atoms with Gasteiger partial charge >= 0.3 is 0 Å². The summed E-state index contributed by atoms with van der Waals surface area (Å²) in [5.74, 6) is 0.779. The Morgan fingerprint density at radius 3 is 2.87 bits per heavy atom. The summed E-state index contributed by atoms with van der Waals surface area (Å²) < 4.78 is 0. The number of nitrogens with zero attached hydrogens (tertiary/aromatic N) is 1. The van der Waals surface area contributed by atoms with Gasteiger partial charge in [0.15, 0.2) is 0 Å². The van der Waals surface area contributed by atoms with Crippen LogP contribution in [0, 0.1) is 5.92 Å². The molecule has 2 heteroatoms. The zero-order chi connectivity index (χ0) is 11.3. The van der Waals surface area contributed by atoms with Crippen LogP contribution in [0.3, 0.4) is 0 Å². The van der Waals surface area contributed by atoms with Crippen molar-refractivity contribution >= 4 is 0 Å². The first-order chi connectivity index (χ1) is 7.13. The van der Waals surface area contributed by atoms with E-state index in [1.165, 1.54) is 19.4 Å². The van der Waals surface area contributed by atoms with E-state index in [-0.39, 0.29) is 0 Å². The van der Waals surface area contributed by atoms with Crippen molar-refractivity contribution in [2.24, 2.45) is 5.92 Å². The highest BCUT2D eigenvalue weighted by molar-refractivity contribution is 4.85. The van der Waals surface area contributed by atoms with Crippen LogP contribution in [0.15, 0.2) is 12.7 Å². The summed E-state index contributed by atoms with van der Waals surface area (Å²) in [5.41, 5.74) is 0. The van der Waals surface area contributed by atoms with E-state index in [4.69, 9.17) is 0 Å². The van der Waals surface area contributed by atoms with Gasteiger partial charge in [-0.25, -0.2) is 0 Å². The lowest BCUT2D eigenvalue weighted by Crippen LogP contribution is -2.40. The first kappa shape index (κ1) is 12.7. The van der Waals surface area contributed by atoms with Gasteiger partial charge in [0.1, 0.15) is 0 Å². The molecule has 1 aliphatic rings. The standard InChI is InChI=1S/C13H26N2/c1-5-8-15-10-13(9-11(2)3)14-7-6-12(15)4/h5,11-14H,1,6-10H2,2-4H3. The molecule has 0 aromatic rings. The van der Waals surface area contributed by atoms with Crippen LogP contribution in [0.5, 0.6) is 0 Å². The second-order valence-corrected chi connectivity index (χ2v) is 5.16. The number of nitrogens with one attached hydrogen (secondary N) is 1. The lowest BCUT2D eigenvalue weighted by molar-refractivity contribution is 0.219. The van der Waals surface area contributed by atoms with Crippen molar-refractivity contribution < 1.29 is 0 Å². The quantitative estimate of drug-likeness (QED) is 0.716. The van der Waals surface area contributed by atoms with Crippen molar-refractivity contribution in [2.45, 2.75) is 45.7 Å². The van der Waals surface area contributed by atoms with Crippen molar-refractivity contribution in [1.29, 1.82) is 0 Å². The topological polar surface area (TPSA) is 15.3 Å². The van der Waals surface area contributed by atoms with Gasteiger partial charge in [-0.3, -0.25) is 4.90 Å². The summed E-state index contributed by atoms with van der Waals surface area (Å²) in [6, 6.07) is 1.35. The third kappa shape index (κ3) is 4.35.